The Hall–Kier alpha value is -2.88. The Balaban J connectivity index is 1.78. The van der Waals surface area contributed by atoms with Crippen LogP contribution in [-0.4, -0.2) is 91.7 Å². The molecule has 3 rings (SSSR count). The van der Waals surface area contributed by atoms with Gasteiger partial charge >= 0.3 is 5.97 Å². The highest BCUT2D eigenvalue weighted by molar-refractivity contribution is 6.30. The molecule has 196 valence electrons. The molecule has 0 radical (unpaired) electrons. The summed E-state index contributed by atoms with van der Waals surface area (Å²) in [7, 11) is 1.32. The minimum Gasteiger partial charge on any atom is -0.484 e. The van der Waals surface area contributed by atoms with Gasteiger partial charge in [-0.15, -0.1) is 0 Å². The third-order valence-electron chi connectivity index (χ3n) is 6.39. The molecular weight excluding hydrogens is 486 g/mol. The first-order valence-electron chi connectivity index (χ1n) is 12.0. The highest BCUT2D eigenvalue weighted by atomic mass is 35.5. The number of carbonyl (C=O) groups is 3. The van der Waals surface area contributed by atoms with Gasteiger partial charge in [0.1, 0.15) is 11.4 Å². The van der Waals surface area contributed by atoms with Crippen molar-refractivity contribution in [1.29, 1.82) is 0 Å². The lowest BCUT2D eigenvalue weighted by Gasteiger charge is -2.30. The van der Waals surface area contributed by atoms with Crippen molar-refractivity contribution in [1.82, 2.24) is 14.4 Å². The largest absolute Gasteiger partial charge is 0.484 e. The molecule has 1 aromatic carbocycles. The van der Waals surface area contributed by atoms with E-state index in [0.29, 0.717) is 66.1 Å². The number of Topliss-reactive ketones (excluding diaryl/α,β-unsaturated/α-hetero) is 1. The summed E-state index contributed by atoms with van der Waals surface area (Å²) in [6, 6.07) is 6.74. The predicted molar refractivity (Wildman–Crippen MR) is 136 cm³/mol. The molecule has 0 bridgehead atoms. The molecule has 1 aromatic heterocycles. The lowest BCUT2D eigenvalue weighted by Crippen LogP contribution is -2.46. The fraction of sp³-hybridized carbons (Fsp3) is 0.500. The molecule has 0 unspecified atom stereocenters. The number of benzene rings is 1. The lowest BCUT2D eigenvalue weighted by atomic mass is 10.1. The molecule has 1 aliphatic heterocycles. The molecule has 10 heteroatoms. The number of rotatable bonds is 11. The summed E-state index contributed by atoms with van der Waals surface area (Å²) < 4.78 is 17.8. The van der Waals surface area contributed by atoms with Gasteiger partial charge in [-0.05, 0) is 50.6 Å². The van der Waals surface area contributed by atoms with Crippen LogP contribution in [0.2, 0.25) is 5.02 Å². The maximum Gasteiger partial charge on any atom is 0.354 e. The number of esters is 1. The van der Waals surface area contributed by atoms with Crippen molar-refractivity contribution in [3.8, 4) is 5.75 Å². The molecule has 0 atom stereocenters. The van der Waals surface area contributed by atoms with E-state index < -0.39 is 5.97 Å². The summed E-state index contributed by atoms with van der Waals surface area (Å²) in [4.78, 5) is 42.8. The van der Waals surface area contributed by atoms with Crippen molar-refractivity contribution in [3.63, 3.8) is 0 Å². The molecule has 0 saturated carbocycles. The SMILES string of the molecule is CCn1c(C)c(C(=O)CN(CCN2CCOCC2)C(=O)COc2ccc(Cl)cc2)c(C)c1C(=O)OC. The number of nitrogens with zero attached hydrogens (tertiary/aromatic N) is 3. The third kappa shape index (κ3) is 6.66. The summed E-state index contributed by atoms with van der Waals surface area (Å²) in [5, 5.41) is 0.572. The highest BCUT2D eigenvalue weighted by Crippen LogP contribution is 2.24. The van der Waals surface area contributed by atoms with Crippen LogP contribution in [0.5, 0.6) is 5.75 Å². The third-order valence-corrected chi connectivity index (χ3v) is 6.65. The molecule has 36 heavy (non-hydrogen) atoms. The number of ketones is 1. The van der Waals surface area contributed by atoms with Crippen LogP contribution < -0.4 is 4.74 Å². The molecule has 2 heterocycles. The van der Waals surface area contributed by atoms with E-state index in [1.165, 1.54) is 12.0 Å². The number of aromatic nitrogens is 1. The molecule has 2 aromatic rings. The Morgan fingerprint density at radius 3 is 2.39 bits per heavy atom. The summed E-state index contributed by atoms with van der Waals surface area (Å²) in [5.41, 5.74) is 2.04. The summed E-state index contributed by atoms with van der Waals surface area (Å²) in [6.45, 7) is 9.45. The van der Waals surface area contributed by atoms with E-state index in [0.717, 1.165) is 13.1 Å². The predicted octanol–water partition coefficient (Wildman–Crippen LogP) is 2.99. The average molecular weight is 520 g/mol. The molecule has 9 nitrogen and oxygen atoms in total. The van der Waals surface area contributed by atoms with Crippen LogP contribution in [0.3, 0.4) is 0 Å². The quantitative estimate of drug-likeness (QED) is 0.333. The van der Waals surface area contributed by atoms with Crippen LogP contribution in [0.1, 0.15) is 39.0 Å². The number of amides is 1. The molecular formula is C26H34ClN3O6. The number of methoxy groups -OCH3 is 1. The van der Waals surface area contributed by atoms with Crippen LogP contribution in [0.25, 0.3) is 0 Å². The van der Waals surface area contributed by atoms with E-state index in [-0.39, 0.29) is 24.8 Å². The zero-order valence-electron chi connectivity index (χ0n) is 21.3. The minimum atomic E-state index is -0.492. The van der Waals surface area contributed by atoms with Crippen LogP contribution >= 0.6 is 11.6 Å². The number of ether oxygens (including phenoxy) is 3. The van der Waals surface area contributed by atoms with Gasteiger partial charge in [-0.2, -0.15) is 0 Å². The number of hydrogen-bond donors (Lipinski definition) is 0. The fourth-order valence-electron chi connectivity index (χ4n) is 4.46. The maximum absolute atomic E-state index is 13.5. The van der Waals surface area contributed by atoms with E-state index in [4.69, 9.17) is 25.8 Å². The molecule has 0 aliphatic carbocycles. The van der Waals surface area contributed by atoms with E-state index >= 15 is 0 Å². The Morgan fingerprint density at radius 2 is 1.78 bits per heavy atom. The Bertz CT molecular complexity index is 1080. The Morgan fingerprint density at radius 1 is 1.11 bits per heavy atom. The first-order valence-corrected chi connectivity index (χ1v) is 12.4. The van der Waals surface area contributed by atoms with Crippen LogP contribution in [-0.2, 0) is 20.8 Å². The number of halogens is 1. The van der Waals surface area contributed by atoms with Gasteiger partial charge in [0.25, 0.3) is 5.91 Å². The Labute approximate surface area is 216 Å². The molecule has 1 saturated heterocycles. The lowest BCUT2D eigenvalue weighted by molar-refractivity contribution is -0.133. The second kappa shape index (κ2) is 12.9. The molecule has 0 N–H and O–H groups in total. The van der Waals surface area contributed by atoms with Crippen molar-refractivity contribution < 1.29 is 28.6 Å². The average Bonchev–Trinajstić information content (AvgIpc) is 3.14. The zero-order valence-corrected chi connectivity index (χ0v) is 22.1. The van der Waals surface area contributed by atoms with Gasteiger partial charge < -0.3 is 23.7 Å². The van der Waals surface area contributed by atoms with Crippen LogP contribution in [0.15, 0.2) is 24.3 Å². The Kier molecular flexibility index (Phi) is 9.92. The van der Waals surface area contributed by atoms with Gasteiger partial charge in [0.2, 0.25) is 0 Å². The van der Waals surface area contributed by atoms with Crippen molar-refractivity contribution in [3.05, 3.63) is 51.8 Å². The highest BCUT2D eigenvalue weighted by Gasteiger charge is 2.28. The van der Waals surface area contributed by atoms with Crippen molar-refractivity contribution in [2.75, 3.05) is 59.7 Å². The number of morpholine rings is 1. The normalized spacial score (nSPS) is 13.9. The second-order valence-electron chi connectivity index (χ2n) is 8.60. The smallest absolute Gasteiger partial charge is 0.354 e. The van der Waals surface area contributed by atoms with Gasteiger partial charge in [0.05, 0.1) is 26.9 Å². The van der Waals surface area contributed by atoms with Gasteiger partial charge in [-0.3, -0.25) is 14.5 Å². The van der Waals surface area contributed by atoms with Gasteiger partial charge in [-0.1, -0.05) is 11.6 Å². The first-order chi connectivity index (χ1) is 17.3. The molecule has 1 aliphatic rings. The molecule has 1 fully saturated rings. The van der Waals surface area contributed by atoms with Gasteiger partial charge in [0.15, 0.2) is 12.4 Å². The van der Waals surface area contributed by atoms with E-state index in [1.54, 1.807) is 42.7 Å². The first kappa shape index (κ1) is 27.7. The summed E-state index contributed by atoms with van der Waals surface area (Å²) >= 11 is 5.92. The fourth-order valence-corrected chi connectivity index (χ4v) is 4.59. The number of hydrogen-bond acceptors (Lipinski definition) is 7. The van der Waals surface area contributed by atoms with Gasteiger partial charge in [-0.25, -0.2) is 4.79 Å². The van der Waals surface area contributed by atoms with Gasteiger partial charge in [0, 0.05) is 49.0 Å². The minimum absolute atomic E-state index is 0.122. The maximum atomic E-state index is 13.5. The number of carbonyl (C=O) groups excluding carboxylic acids is 3. The molecule has 0 spiro atoms. The van der Waals surface area contributed by atoms with E-state index in [9.17, 15) is 14.4 Å². The standard InChI is InChI=1S/C26H34ClN3O6/c1-5-30-19(3)24(18(2)25(30)26(33)34-4)22(31)16-29(11-10-28-12-14-35-15-13-28)23(32)17-36-21-8-6-20(27)7-9-21/h6-9H,5,10-17H2,1-4H3. The van der Waals surface area contributed by atoms with Crippen molar-refractivity contribution in [2.24, 2.45) is 0 Å². The van der Waals surface area contributed by atoms with Crippen LogP contribution in [0.4, 0.5) is 0 Å². The van der Waals surface area contributed by atoms with Crippen molar-refractivity contribution >= 4 is 29.3 Å². The second-order valence-corrected chi connectivity index (χ2v) is 9.04. The summed E-state index contributed by atoms with van der Waals surface area (Å²) in [5.74, 6) is -0.510. The van der Waals surface area contributed by atoms with E-state index in [2.05, 4.69) is 4.90 Å². The monoisotopic (exact) mass is 519 g/mol. The van der Waals surface area contributed by atoms with Crippen molar-refractivity contribution in [2.45, 2.75) is 27.3 Å². The van der Waals surface area contributed by atoms with E-state index in [1.807, 2.05) is 6.92 Å². The summed E-state index contributed by atoms with van der Waals surface area (Å²) in [6.07, 6.45) is 0. The molecule has 1 amide bonds. The topological polar surface area (TPSA) is 90.3 Å². The zero-order chi connectivity index (χ0) is 26.2. The van der Waals surface area contributed by atoms with Crippen LogP contribution in [0, 0.1) is 13.8 Å².